The van der Waals surface area contributed by atoms with Crippen molar-refractivity contribution in [2.45, 2.75) is 24.7 Å². The van der Waals surface area contributed by atoms with E-state index in [9.17, 15) is 9.90 Å². The molecule has 15 heavy (non-hydrogen) atoms. The molecular formula is C9H12N4O2. The number of carbonyl (C=O) groups is 1. The van der Waals surface area contributed by atoms with Crippen molar-refractivity contribution in [3.63, 3.8) is 0 Å². The highest BCUT2D eigenvalue weighted by atomic mass is 16.4. The SMILES string of the molecule is Nc1n[nH]c(C2(C(=O)O)CC3CC3C2)n1. The van der Waals surface area contributed by atoms with E-state index in [1.54, 1.807) is 0 Å². The molecule has 2 saturated carbocycles. The molecule has 0 spiro atoms. The highest BCUT2D eigenvalue weighted by molar-refractivity contribution is 5.81. The molecule has 0 aliphatic heterocycles. The standard InChI is InChI=1S/C9H12N4O2/c10-8-11-6(12-13-8)9(7(14)15)2-4-1-5(4)3-9/h4-5H,1-3H2,(H,14,15)(H3,10,11,12,13). The average molecular weight is 208 g/mol. The van der Waals surface area contributed by atoms with Crippen LogP contribution in [0.3, 0.4) is 0 Å². The van der Waals surface area contributed by atoms with Crippen LogP contribution in [0.25, 0.3) is 0 Å². The maximum absolute atomic E-state index is 11.4. The van der Waals surface area contributed by atoms with Crippen molar-refractivity contribution < 1.29 is 9.90 Å². The minimum absolute atomic E-state index is 0.117. The number of carboxylic acids is 1. The van der Waals surface area contributed by atoms with Gasteiger partial charge in [0.1, 0.15) is 11.2 Å². The summed E-state index contributed by atoms with van der Waals surface area (Å²) in [6.45, 7) is 0. The van der Waals surface area contributed by atoms with Crippen molar-refractivity contribution in [3.05, 3.63) is 5.82 Å². The van der Waals surface area contributed by atoms with Crippen LogP contribution in [0, 0.1) is 11.8 Å². The van der Waals surface area contributed by atoms with Gasteiger partial charge in [-0.2, -0.15) is 4.98 Å². The topological polar surface area (TPSA) is 105 Å². The highest BCUT2D eigenvalue weighted by Gasteiger charge is 2.60. The lowest BCUT2D eigenvalue weighted by atomic mass is 9.82. The van der Waals surface area contributed by atoms with Crippen molar-refractivity contribution in [2.24, 2.45) is 11.8 Å². The van der Waals surface area contributed by atoms with Gasteiger partial charge in [-0.05, 0) is 31.1 Å². The number of aromatic amines is 1. The predicted octanol–water partition coefficient (Wildman–Crippen LogP) is 0.139. The Morgan fingerprint density at radius 2 is 2.20 bits per heavy atom. The third kappa shape index (κ3) is 1.07. The molecule has 6 nitrogen and oxygen atoms in total. The summed E-state index contributed by atoms with van der Waals surface area (Å²) in [5.41, 5.74) is 4.54. The highest BCUT2D eigenvalue weighted by Crippen LogP contribution is 2.60. The van der Waals surface area contributed by atoms with Crippen LogP contribution >= 0.6 is 0 Å². The first-order valence-electron chi connectivity index (χ1n) is 5.03. The molecule has 0 radical (unpaired) electrons. The molecule has 2 fully saturated rings. The van der Waals surface area contributed by atoms with E-state index in [1.165, 1.54) is 6.42 Å². The molecule has 2 unspecified atom stereocenters. The number of nitrogens with two attached hydrogens (primary N) is 1. The summed E-state index contributed by atoms with van der Waals surface area (Å²) in [6.07, 6.45) is 2.50. The summed E-state index contributed by atoms with van der Waals surface area (Å²) >= 11 is 0. The second kappa shape index (κ2) is 2.50. The first-order chi connectivity index (χ1) is 7.12. The maximum atomic E-state index is 11.4. The van der Waals surface area contributed by atoms with Crippen LogP contribution in [0.15, 0.2) is 0 Å². The van der Waals surface area contributed by atoms with E-state index in [0.717, 1.165) is 0 Å². The third-order valence-electron chi connectivity index (χ3n) is 3.66. The van der Waals surface area contributed by atoms with E-state index in [0.29, 0.717) is 30.5 Å². The maximum Gasteiger partial charge on any atom is 0.317 e. The van der Waals surface area contributed by atoms with Gasteiger partial charge in [0.05, 0.1) is 0 Å². The second-order valence-electron chi connectivity index (χ2n) is 4.59. The number of anilines is 1. The van der Waals surface area contributed by atoms with Gasteiger partial charge in [0.15, 0.2) is 0 Å². The first-order valence-corrected chi connectivity index (χ1v) is 5.03. The minimum atomic E-state index is -0.863. The molecular weight excluding hydrogens is 196 g/mol. The molecule has 0 aromatic carbocycles. The second-order valence-corrected chi connectivity index (χ2v) is 4.59. The molecule has 1 aromatic rings. The zero-order valence-electron chi connectivity index (χ0n) is 8.10. The quantitative estimate of drug-likeness (QED) is 0.641. The largest absolute Gasteiger partial charge is 0.480 e. The van der Waals surface area contributed by atoms with E-state index in [-0.39, 0.29) is 5.95 Å². The van der Waals surface area contributed by atoms with Crippen molar-refractivity contribution in [1.82, 2.24) is 15.2 Å². The minimum Gasteiger partial charge on any atom is -0.480 e. The molecule has 1 heterocycles. The summed E-state index contributed by atoms with van der Waals surface area (Å²) in [5, 5.41) is 15.7. The van der Waals surface area contributed by atoms with Crippen molar-refractivity contribution in [1.29, 1.82) is 0 Å². The Kier molecular flexibility index (Phi) is 1.45. The van der Waals surface area contributed by atoms with E-state index in [4.69, 9.17) is 5.73 Å². The number of fused-ring (bicyclic) bond motifs is 1. The Labute approximate surface area is 85.9 Å². The molecule has 6 heteroatoms. The fraction of sp³-hybridized carbons (Fsp3) is 0.667. The predicted molar refractivity (Wildman–Crippen MR) is 50.9 cm³/mol. The zero-order chi connectivity index (χ0) is 10.6. The van der Waals surface area contributed by atoms with Gasteiger partial charge in [-0.15, -0.1) is 5.10 Å². The van der Waals surface area contributed by atoms with Crippen molar-refractivity contribution in [3.8, 4) is 0 Å². The van der Waals surface area contributed by atoms with Gasteiger partial charge in [-0.1, -0.05) is 0 Å². The van der Waals surface area contributed by atoms with Crippen LogP contribution in [-0.2, 0) is 10.2 Å². The van der Waals surface area contributed by atoms with Crippen molar-refractivity contribution in [2.75, 3.05) is 5.73 Å². The number of rotatable bonds is 2. The Hall–Kier alpha value is -1.59. The van der Waals surface area contributed by atoms with Gasteiger partial charge < -0.3 is 10.8 Å². The number of H-pyrrole nitrogens is 1. The Morgan fingerprint density at radius 3 is 2.67 bits per heavy atom. The monoisotopic (exact) mass is 208 g/mol. The molecule has 2 atom stereocenters. The molecule has 1 aromatic heterocycles. The van der Waals surface area contributed by atoms with Gasteiger partial charge in [0, 0.05) is 0 Å². The van der Waals surface area contributed by atoms with Crippen LogP contribution in [0.2, 0.25) is 0 Å². The van der Waals surface area contributed by atoms with Crippen LogP contribution in [0.5, 0.6) is 0 Å². The van der Waals surface area contributed by atoms with Crippen LogP contribution in [0.1, 0.15) is 25.1 Å². The Balaban J connectivity index is 2.01. The number of aliphatic carboxylic acids is 1. The van der Waals surface area contributed by atoms with E-state index in [2.05, 4.69) is 15.2 Å². The van der Waals surface area contributed by atoms with Gasteiger partial charge in [-0.3, -0.25) is 9.89 Å². The number of nitrogen functional groups attached to an aromatic ring is 1. The number of aromatic nitrogens is 3. The Morgan fingerprint density at radius 1 is 1.53 bits per heavy atom. The van der Waals surface area contributed by atoms with Crippen LogP contribution in [0.4, 0.5) is 5.95 Å². The molecule has 2 aliphatic carbocycles. The Bertz CT molecular complexity index is 418. The average Bonchev–Trinajstić information content (AvgIpc) is 2.65. The van der Waals surface area contributed by atoms with Crippen LogP contribution < -0.4 is 5.73 Å². The van der Waals surface area contributed by atoms with Gasteiger partial charge in [-0.25, -0.2) is 0 Å². The third-order valence-corrected chi connectivity index (χ3v) is 3.66. The number of nitrogens with zero attached hydrogens (tertiary/aromatic N) is 2. The lowest BCUT2D eigenvalue weighted by Gasteiger charge is -2.22. The van der Waals surface area contributed by atoms with E-state index < -0.39 is 11.4 Å². The van der Waals surface area contributed by atoms with E-state index >= 15 is 0 Å². The van der Waals surface area contributed by atoms with Gasteiger partial charge in [0.2, 0.25) is 5.95 Å². The summed E-state index contributed by atoms with van der Waals surface area (Å²) in [4.78, 5) is 15.3. The fourth-order valence-electron chi connectivity index (χ4n) is 2.75. The number of hydrogen-bond donors (Lipinski definition) is 3. The summed E-state index contributed by atoms with van der Waals surface area (Å²) in [6, 6.07) is 0. The smallest absolute Gasteiger partial charge is 0.317 e. The zero-order valence-corrected chi connectivity index (χ0v) is 8.10. The molecule has 4 N–H and O–H groups in total. The summed E-state index contributed by atoms with van der Waals surface area (Å²) in [7, 11) is 0. The first kappa shape index (κ1) is 8.70. The van der Waals surface area contributed by atoms with Crippen LogP contribution in [-0.4, -0.2) is 26.3 Å². The van der Waals surface area contributed by atoms with Gasteiger partial charge >= 0.3 is 5.97 Å². The summed E-state index contributed by atoms with van der Waals surface area (Å²) in [5.74, 6) is 0.844. The number of nitrogens with one attached hydrogen (secondary N) is 1. The molecule has 0 bridgehead atoms. The molecule has 2 aliphatic rings. The molecule has 0 amide bonds. The fourth-order valence-corrected chi connectivity index (χ4v) is 2.75. The summed E-state index contributed by atoms with van der Waals surface area (Å²) < 4.78 is 0. The molecule has 3 rings (SSSR count). The lowest BCUT2D eigenvalue weighted by Crippen LogP contribution is -2.35. The molecule has 0 saturated heterocycles. The van der Waals surface area contributed by atoms with E-state index in [1.807, 2.05) is 0 Å². The number of carboxylic acid groups (broad SMARTS) is 1. The normalized spacial score (nSPS) is 37.6. The lowest BCUT2D eigenvalue weighted by molar-refractivity contribution is -0.144. The molecule has 80 valence electrons. The van der Waals surface area contributed by atoms with Gasteiger partial charge in [0.25, 0.3) is 0 Å². The van der Waals surface area contributed by atoms with Crippen molar-refractivity contribution >= 4 is 11.9 Å². The number of hydrogen-bond acceptors (Lipinski definition) is 4.